The van der Waals surface area contributed by atoms with Gasteiger partial charge in [-0.25, -0.2) is 9.59 Å². The second kappa shape index (κ2) is 7.09. The normalized spacial score (nSPS) is 9.79. The fraction of sp³-hybridized carbons (Fsp3) is 0.500. The first-order valence-corrected chi connectivity index (χ1v) is 5.60. The van der Waals surface area contributed by atoms with Gasteiger partial charge >= 0.3 is 12.1 Å². The molecule has 0 bridgehead atoms. The Bertz CT molecular complexity index is 465. The van der Waals surface area contributed by atoms with Gasteiger partial charge in [-0.15, -0.1) is 0 Å². The lowest BCUT2D eigenvalue weighted by molar-refractivity contribution is 0.0586. The first-order valence-electron chi connectivity index (χ1n) is 5.60. The standard InChI is InChI=1S/C10H15N5O4/c1-3-4-5-19-10(17)15-9-13-6(7(16)18-2)12-8(11)14-9/h3-5H2,1-2H3,(H3,11,12,13,14,15,17). The lowest BCUT2D eigenvalue weighted by Gasteiger charge is -2.06. The Kier molecular flexibility index (Phi) is 5.45. The average Bonchev–Trinajstić information content (AvgIpc) is 2.37. The van der Waals surface area contributed by atoms with E-state index in [1.54, 1.807) is 0 Å². The third-order valence-electron chi connectivity index (χ3n) is 1.97. The van der Waals surface area contributed by atoms with Crippen LogP contribution in [0.4, 0.5) is 16.7 Å². The summed E-state index contributed by atoms with van der Waals surface area (Å²) in [6.45, 7) is 2.25. The highest BCUT2D eigenvalue weighted by Gasteiger charge is 2.14. The Labute approximate surface area is 109 Å². The van der Waals surface area contributed by atoms with Crippen LogP contribution in [0.2, 0.25) is 0 Å². The van der Waals surface area contributed by atoms with Crippen molar-refractivity contribution in [3.05, 3.63) is 5.82 Å². The molecule has 0 aliphatic rings. The fourth-order valence-electron chi connectivity index (χ4n) is 1.07. The number of ether oxygens (including phenoxy) is 2. The van der Waals surface area contributed by atoms with E-state index in [2.05, 4.69) is 25.0 Å². The molecule has 104 valence electrons. The Morgan fingerprint density at radius 1 is 1.32 bits per heavy atom. The van der Waals surface area contributed by atoms with Crippen molar-refractivity contribution in [2.24, 2.45) is 0 Å². The van der Waals surface area contributed by atoms with Gasteiger partial charge in [0, 0.05) is 0 Å². The van der Waals surface area contributed by atoms with Crippen molar-refractivity contribution in [1.82, 2.24) is 15.0 Å². The molecule has 3 N–H and O–H groups in total. The summed E-state index contributed by atoms with van der Waals surface area (Å²) >= 11 is 0. The van der Waals surface area contributed by atoms with E-state index >= 15 is 0 Å². The third kappa shape index (κ3) is 4.74. The molecule has 19 heavy (non-hydrogen) atoms. The van der Waals surface area contributed by atoms with Crippen molar-refractivity contribution < 1.29 is 19.1 Å². The maximum atomic E-state index is 11.4. The Balaban J connectivity index is 2.70. The molecule has 1 heterocycles. The highest BCUT2D eigenvalue weighted by molar-refractivity contribution is 5.87. The molecule has 0 aromatic carbocycles. The van der Waals surface area contributed by atoms with Crippen molar-refractivity contribution in [2.75, 3.05) is 24.8 Å². The molecule has 0 aliphatic heterocycles. The molecule has 1 amide bonds. The summed E-state index contributed by atoms with van der Waals surface area (Å²) in [5.41, 5.74) is 5.39. The number of carbonyl (C=O) groups is 2. The van der Waals surface area contributed by atoms with Gasteiger partial charge in [0.25, 0.3) is 0 Å². The van der Waals surface area contributed by atoms with E-state index < -0.39 is 12.1 Å². The quantitative estimate of drug-likeness (QED) is 0.586. The molecule has 0 fully saturated rings. The molecule has 1 aromatic heterocycles. The summed E-state index contributed by atoms with van der Waals surface area (Å²) in [5, 5.41) is 2.25. The molecule has 0 radical (unpaired) electrons. The molecule has 1 rings (SSSR count). The molecule has 0 aliphatic carbocycles. The molecular formula is C10H15N5O4. The van der Waals surface area contributed by atoms with E-state index in [9.17, 15) is 9.59 Å². The molecule has 0 atom stereocenters. The van der Waals surface area contributed by atoms with Gasteiger partial charge < -0.3 is 15.2 Å². The van der Waals surface area contributed by atoms with E-state index in [-0.39, 0.29) is 24.3 Å². The van der Waals surface area contributed by atoms with Crippen LogP contribution in [0.15, 0.2) is 0 Å². The topological polar surface area (TPSA) is 129 Å². The largest absolute Gasteiger partial charge is 0.463 e. The zero-order chi connectivity index (χ0) is 14.3. The molecule has 0 spiro atoms. The van der Waals surface area contributed by atoms with Gasteiger partial charge in [-0.3, -0.25) is 5.32 Å². The van der Waals surface area contributed by atoms with Crippen molar-refractivity contribution in [2.45, 2.75) is 19.8 Å². The number of anilines is 2. The van der Waals surface area contributed by atoms with Gasteiger partial charge in [0.05, 0.1) is 13.7 Å². The Morgan fingerprint density at radius 2 is 2.05 bits per heavy atom. The van der Waals surface area contributed by atoms with Crippen molar-refractivity contribution in [1.29, 1.82) is 0 Å². The Morgan fingerprint density at radius 3 is 2.68 bits per heavy atom. The first kappa shape index (κ1) is 14.6. The maximum absolute atomic E-state index is 11.4. The van der Waals surface area contributed by atoms with Gasteiger partial charge in [-0.1, -0.05) is 13.3 Å². The van der Waals surface area contributed by atoms with Crippen LogP contribution in [-0.4, -0.2) is 40.7 Å². The van der Waals surface area contributed by atoms with Gasteiger partial charge in [0.1, 0.15) is 0 Å². The zero-order valence-electron chi connectivity index (χ0n) is 10.7. The van der Waals surface area contributed by atoms with Crippen LogP contribution < -0.4 is 11.1 Å². The highest BCUT2D eigenvalue weighted by Crippen LogP contribution is 2.04. The van der Waals surface area contributed by atoms with E-state index in [4.69, 9.17) is 10.5 Å². The predicted molar refractivity (Wildman–Crippen MR) is 65.5 cm³/mol. The van der Waals surface area contributed by atoms with Crippen LogP contribution in [0.3, 0.4) is 0 Å². The third-order valence-corrected chi connectivity index (χ3v) is 1.97. The summed E-state index contributed by atoms with van der Waals surface area (Å²) in [6, 6.07) is 0. The minimum absolute atomic E-state index is 0.172. The number of nitrogen functional groups attached to an aromatic ring is 1. The number of hydrogen-bond acceptors (Lipinski definition) is 8. The number of amides is 1. The van der Waals surface area contributed by atoms with E-state index in [1.807, 2.05) is 6.92 Å². The van der Waals surface area contributed by atoms with Crippen LogP contribution >= 0.6 is 0 Å². The summed E-state index contributed by atoms with van der Waals surface area (Å²) in [6.07, 6.45) is 0.924. The number of nitrogens with one attached hydrogen (secondary N) is 1. The van der Waals surface area contributed by atoms with Gasteiger partial charge in [-0.05, 0) is 6.42 Å². The highest BCUT2D eigenvalue weighted by atomic mass is 16.5. The number of hydrogen-bond donors (Lipinski definition) is 2. The smallest absolute Gasteiger partial charge is 0.414 e. The minimum Gasteiger partial charge on any atom is -0.463 e. The number of carbonyl (C=O) groups excluding carboxylic acids is 2. The lowest BCUT2D eigenvalue weighted by atomic mass is 10.4. The van der Waals surface area contributed by atoms with Gasteiger partial charge in [0.2, 0.25) is 17.7 Å². The fourth-order valence-corrected chi connectivity index (χ4v) is 1.07. The second-order valence-corrected chi connectivity index (χ2v) is 3.45. The number of nitrogens with two attached hydrogens (primary N) is 1. The molecule has 0 unspecified atom stereocenters. The lowest BCUT2D eigenvalue weighted by Crippen LogP contribution is -2.19. The second-order valence-electron chi connectivity index (χ2n) is 3.45. The number of unbranched alkanes of at least 4 members (excludes halogenated alkanes) is 1. The molecule has 9 nitrogen and oxygen atoms in total. The van der Waals surface area contributed by atoms with Crippen LogP contribution in [-0.2, 0) is 9.47 Å². The SMILES string of the molecule is CCCCOC(=O)Nc1nc(N)nc(C(=O)OC)n1. The number of methoxy groups -OCH3 is 1. The average molecular weight is 269 g/mol. The number of aromatic nitrogens is 3. The molecule has 1 aromatic rings. The summed E-state index contributed by atoms with van der Waals surface area (Å²) in [4.78, 5) is 33.5. The summed E-state index contributed by atoms with van der Waals surface area (Å²) in [5.74, 6) is -1.45. The van der Waals surface area contributed by atoms with Gasteiger partial charge in [-0.2, -0.15) is 15.0 Å². The van der Waals surface area contributed by atoms with Crippen LogP contribution in [0.1, 0.15) is 30.4 Å². The number of nitrogens with zero attached hydrogens (tertiary/aromatic N) is 3. The van der Waals surface area contributed by atoms with Gasteiger partial charge in [0.15, 0.2) is 0 Å². The summed E-state index contributed by atoms with van der Waals surface area (Å²) in [7, 11) is 1.18. The Hall–Kier alpha value is -2.45. The summed E-state index contributed by atoms with van der Waals surface area (Å²) < 4.78 is 9.28. The van der Waals surface area contributed by atoms with E-state index in [0.717, 1.165) is 12.8 Å². The van der Waals surface area contributed by atoms with Crippen LogP contribution in [0.5, 0.6) is 0 Å². The van der Waals surface area contributed by atoms with E-state index in [1.165, 1.54) is 7.11 Å². The first-order chi connectivity index (χ1) is 9.06. The minimum atomic E-state index is -0.781. The van der Waals surface area contributed by atoms with Crippen molar-refractivity contribution in [3.8, 4) is 0 Å². The van der Waals surface area contributed by atoms with E-state index in [0.29, 0.717) is 0 Å². The maximum Gasteiger partial charge on any atom is 0.414 e. The monoisotopic (exact) mass is 269 g/mol. The number of esters is 1. The number of rotatable bonds is 5. The predicted octanol–water partition coefficient (Wildman–Crippen LogP) is 0.589. The van der Waals surface area contributed by atoms with Crippen molar-refractivity contribution >= 4 is 24.0 Å². The molecule has 0 saturated heterocycles. The molecule has 0 saturated carbocycles. The van der Waals surface area contributed by atoms with Crippen LogP contribution in [0, 0.1) is 0 Å². The molecule has 9 heteroatoms. The van der Waals surface area contributed by atoms with Crippen LogP contribution in [0.25, 0.3) is 0 Å². The van der Waals surface area contributed by atoms with Crippen molar-refractivity contribution in [3.63, 3.8) is 0 Å². The zero-order valence-corrected chi connectivity index (χ0v) is 10.7. The molecular weight excluding hydrogens is 254 g/mol.